The van der Waals surface area contributed by atoms with Gasteiger partial charge in [-0.3, -0.25) is 0 Å². The number of aromatic amines is 1. The molecule has 2 rings (SSSR count). The number of H-pyrrole nitrogens is 1. The molecule has 1 aromatic heterocycles. The Labute approximate surface area is 102 Å². The molecular formula is C9H8ClN3O3S. The minimum Gasteiger partial charge on any atom is -0.497 e. The molecule has 0 atom stereocenters. The Hall–Kier alpha value is -1.60. The van der Waals surface area contributed by atoms with Crippen molar-refractivity contribution in [2.24, 2.45) is 0 Å². The van der Waals surface area contributed by atoms with E-state index in [1.54, 1.807) is 24.3 Å². The molecule has 0 saturated heterocycles. The van der Waals surface area contributed by atoms with Gasteiger partial charge in [0.25, 0.3) is 14.2 Å². The Bertz CT molecular complexity index is 638. The number of hydrogen-bond donors (Lipinski definition) is 1. The average molecular weight is 274 g/mol. The van der Waals surface area contributed by atoms with E-state index in [-0.39, 0.29) is 11.0 Å². The summed E-state index contributed by atoms with van der Waals surface area (Å²) in [5.41, 5.74) is 0.632. The van der Waals surface area contributed by atoms with E-state index in [9.17, 15) is 8.42 Å². The molecular weight excluding hydrogens is 266 g/mol. The van der Waals surface area contributed by atoms with Gasteiger partial charge in [-0.15, -0.1) is 0 Å². The van der Waals surface area contributed by atoms with Crippen LogP contribution < -0.4 is 4.74 Å². The number of aromatic nitrogens is 3. The largest absolute Gasteiger partial charge is 0.497 e. The SMILES string of the molecule is COc1cccc(-c2n[nH]c(S(=O)(=O)Cl)n2)c1. The van der Waals surface area contributed by atoms with E-state index in [0.717, 1.165) is 0 Å². The molecule has 0 bridgehead atoms. The van der Waals surface area contributed by atoms with E-state index in [1.165, 1.54) is 7.11 Å². The van der Waals surface area contributed by atoms with E-state index in [4.69, 9.17) is 15.4 Å². The molecule has 1 N–H and O–H groups in total. The first-order valence-corrected chi connectivity index (χ1v) is 6.83. The molecule has 90 valence electrons. The van der Waals surface area contributed by atoms with Crippen molar-refractivity contribution in [3.05, 3.63) is 24.3 Å². The quantitative estimate of drug-likeness (QED) is 0.855. The summed E-state index contributed by atoms with van der Waals surface area (Å²) in [6, 6.07) is 6.93. The van der Waals surface area contributed by atoms with Gasteiger partial charge >= 0.3 is 0 Å². The van der Waals surface area contributed by atoms with Crippen LogP contribution in [0.3, 0.4) is 0 Å². The van der Waals surface area contributed by atoms with Crippen LogP contribution in [0.1, 0.15) is 0 Å². The molecule has 0 fully saturated rings. The van der Waals surface area contributed by atoms with Gasteiger partial charge < -0.3 is 4.74 Å². The second kappa shape index (κ2) is 4.34. The lowest BCUT2D eigenvalue weighted by atomic mass is 10.2. The van der Waals surface area contributed by atoms with Gasteiger partial charge in [0.1, 0.15) is 5.75 Å². The minimum absolute atomic E-state index is 0.239. The Morgan fingerprint density at radius 3 is 2.76 bits per heavy atom. The van der Waals surface area contributed by atoms with Crippen LogP contribution in [0.15, 0.2) is 29.4 Å². The molecule has 0 radical (unpaired) electrons. The molecule has 8 heteroatoms. The summed E-state index contributed by atoms with van der Waals surface area (Å²) >= 11 is 0. The maximum absolute atomic E-state index is 11.0. The smallest absolute Gasteiger partial charge is 0.296 e. The first kappa shape index (κ1) is 11.9. The first-order valence-electron chi connectivity index (χ1n) is 4.52. The molecule has 6 nitrogen and oxygen atoms in total. The topological polar surface area (TPSA) is 84.9 Å². The maximum Gasteiger partial charge on any atom is 0.296 e. The zero-order chi connectivity index (χ0) is 12.5. The third-order valence-electron chi connectivity index (χ3n) is 2.02. The van der Waals surface area contributed by atoms with Crippen LogP contribution in [0.25, 0.3) is 11.4 Å². The monoisotopic (exact) mass is 273 g/mol. The van der Waals surface area contributed by atoms with Crippen LogP contribution in [0.4, 0.5) is 0 Å². The number of halogens is 1. The highest BCUT2D eigenvalue weighted by Crippen LogP contribution is 2.21. The van der Waals surface area contributed by atoms with Crippen molar-refractivity contribution < 1.29 is 13.2 Å². The number of rotatable bonds is 3. The fourth-order valence-corrected chi connectivity index (χ4v) is 1.80. The Morgan fingerprint density at radius 1 is 1.41 bits per heavy atom. The fourth-order valence-electron chi connectivity index (χ4n) is 1.25. The molecule has 2 aromatic rings. The van der Waals surface area contributed by atoms with Gasteiger partial charge in [-0.05, 0) is 12.1 Å². The van der Waals surface area contributed by atoms with Gasteiger partial charge in [0.2, 0.25) is 0 Å². The zero-order valence-corrected chi connectivity index (χ0v) is 10.3. The van der Waals surface area contributed by atoms with Crippen molar-refractivity contribution in [3.63, 3.8) is 0 Å². The lowest BCUT2D eigenvalue weighted by Crippen LogP contribution is -1.92. The van der Waals surface area contributed by atoms with E-state index in [2.05, 4.69) is 15.2 Å². The highest BCUT2D eigenvalue weighted by molar-refractivity contribution is 8.13. The molecule has 17 heavy (non-hydrogen) atoms. The molecule has 0 spiro atoms. The van der Waals surface area contributed by atoms with Gasteiger partial charge in [0, 0.05) is 16.2 Å². The van der Waals surface area contributed by atoms with Crippen LogP contribution >= 0.6 is 10.7 Å². The highest BCUT2D eigenvalue weighted by Gasteiger charge is 2.16. The predicted octanol–water partition coefficient (Wildman–Crippen LogP) is 1.41. The maximum atomic E-state index is 11.0. The molecule has 1 aromatic carbocycles. The van der Waals surface area contributed by atoms with Crippen LogP contribution in [-0.4, -0.2) is 30.7 Å². The lowest BCUT2D eigenvalue weighted by Gasteiger charge is -2.00. The van der Waals surface area contributed by atoms with Gasteiger partial charge in [-0.1, -0.05) is 12.1 Å². The molecule has 0 aliphatic heterocycles. The summed E-state index contributed by atoms with van der Waals surface area (Å²) in [6.45, 7) is 0. The molecule has 0 unspecified atom stereocenters. The first-order chi connectivity index (χ1) is 8.00. The fraction of sp³-hybridized carbons (Fsp3) is 0.111. The van der Waals surface area contributed by atoms with Gasteiger partial charge in [0.15, 0.2) is 5.82 Å². The zero-order valence-electron chi connectivity index (χ0n) is 8.71. The van der Waals surface area contributed by atoms with E-state index < -0.39 is 9.05 Å². The molecule has 0 saturated carbocycles. The second-order valence-electron chi connectivity index (χ2n) is 3.13. The second-order valence-corrected chi connectivity index (χ2v) is 5.62. The average Bonchev–Trinajstić information content (AvgIpc) is 2.78. The normalized spacial score (nSPS) is 11.4. The highest BCUT2D eigenvalue weighted by atomic mass is 35.7. The van der Waals surface area contributed by atoms with Crippen molar-refractivity contribution in [3.8, 4) is 17.1 Å². The number of nitrogens with one attached hydrogen (secondary N) is 1. The standard InChI is InChI=1S/C9H8ClN3O3S/c1-16-7-4-2-3-6(5-7)8-11-9(13-12-8)17(10,14)15/h2-5H,1H3,(H,11,12,13). The molecule has 1 heterocycles. The van der Waals surface area contributed by atoms with E-state index >= 15 is 0 Å². The van der Waals surface area contributed by atoms with Gasteiger partial charge in [-0.25, -0.2) is 13.5 Å². The van der Waals surface area contributed by atoms with Crippen molar-refractivity contribution in [1.82, 2.24) is 15.2 Å². The van der Waals surface area contributed by atoms with Crippen molar-refractivity contribution >= 4 is 19.7 Å². The van der Waals surface area contributed by atoms with E-state index in [1.807, 2.05) is 0 Å². The summed E-state index contributed by atoms with van der Waals surface area (Å²) in [6.07, 6.45) is 0. The van der Waals surface area contributed by atoms with Gasteiger partial charge in [-0.2, -0.15) is 10.1 Å². The van der Waals surface area contributed by atoms with Crippen LogP contribution in [0.2, 0.25) is 0 Å². The molecule has 0 aliphatic carbocycles. The summed E-state index contributed by atoms with van der Waals surface area (Å²) in [4.78, 5) is 3.79. The number of benzene rings is 1. The third-order valence-corrected chi connectivity index (χ3v) is 3.11. The minimum atomic E-state index is -3.89. The molecule has 0 aliphatic rings. The van der Waals surface area contributed by atoms with Crippen molar-refractivity contribution in [1.29, 1.82) is 0 Å². The van der Waals surface area contributed by atoms with Crippen molar-refractivity contribution in [2.75, 3.05) is 7.11 Å². The predicted molar refractivity (Wildman–Crippen MR) is 61.4 cm³/mol. The Kier molecular flexibility index (Phi) is 3.03. The number of nitrogens with zero attached hydrogens (tertiary/aromatic N) is 2. The summed E-state index contributed by atoms with van der Waals surface area (Å²) < 4.78 is 27.1. The third kappa shape index (κ3) is 2.56. The van der Waals surface area contributed by atoms with Crippen LogP contribution in [0, 0.1) is 0 Å². The lowest BCUT2D eigenvalue weighted by molar-refractivity contribution is 0.415. The summed E-state index contributed by atoms with van der Waals surface area (Å²) in [7, 11) is 2.77. The Balaban J connectivity index is 2.43. The van der Waals surface area contributed by atoms with Gasteiger partial charge in [0.05, 0.1) is 7.11 Å². The molecule has 0 amide bonds. The van der Waals surface area contributed by atoms with Crippen LogP contribution in [0.5, 0.6) is 5.75 Å². The van der Waals surface area contributed by atoms with Crippen molar-refractivity contribution in [2.45, 2.75) is 5.16 Å². The number of ether oxygens (including phenoxy) is 1. The van der Waals surface area contributed by atoms with E-state index in [0.29, 0.717) is 11.3 Å². The van der Waals surface area contributed by atoms with Crippen LogP contribution in [-0.2, 0) is 9.05 Å². The number of methoxy groups -OCH3 is 1. The Morgan fingerprint density at radius 2 is 2.18 bits per heavy atom. The summed E-state index contributed by atoms with van der Waals surface area (Å²) in [5, 5.41) is 5.66. The number of hydrogen-bond acceptors (Lipinski definition) is 5. The summed E-state index contributed by atoms with van der Waals surface area (Å²) in [5.74, 6) is 0.866.